The van der Waals surface area contributed by atoms with E-state index in [-0.39, 0.29) is 36.3 Å². The van der Waals surface area contributed by atoms with Gasteiger partial charge in [-0.1, -0.05) is 30.3 Å². The summed E-state index contributed by atoms with van der Waals surface area (Å²) < 4.78 is 14.0. The van der Waals surface area contributed by atoms with E-state index in [2.05, 4.69) is 16.3 Å². The summed E-state index contributed by atoms with van der Waals surface area (Å²) in [5, 5.41) is 2.08. The van der Waals surface area contributed by atoms with Gasteiger partial charge in [-0.25, -0.2) is 4.39 Å². The monoisotopic (exact) mass is 477 g/mol. The molecule has 2 aliphatic heterocycles. The van der Waals surface area contributed by atoms with Gasteiger partial charge in [0, 0.05) is 42.7 Å². The van der Waals surface area contributed by atoms with Gasteiger partial charge in [0.2, 0.25) is 5.91 Å². The van der Waals surface area contributed by atoms with Gasteiger partial charge in [-0.3, -0.25) is 14.5 Å². The number of amides is 2. The Morgan fingerprint density at radius 2 is 1.85 bits per heavy atom. The first-order valence-electron chi connectivity index (χ1n) is 11.7. The Balaban J connectivity index is 1.29. The van der Waals surface area contributed by atoms with E-state index in [1.54, 1.807) is 23.5 Å². The Hall–Kier alpha value is -3.03. The molecule has 2 amide bonds. The maximum absolute atomic E-state index is 14.0. The van der Waals surface area contributed by atoms with E-state index in [1.165, 1.54) is 16.5 Å². The third-order valence-electron chi connectivity index (χ3n) is 6.83. The van der Waals surface area contributed by atoms with E-state index in [4.69, 9.17) is 0 Å². The van der Waals surface area contributed by atoms with Crippen molar-refractivity contribution in [1.82, 2.24) is 14.7 Å². The lowest BCUT2D eigenvalue weighted by atomic mass is 9.93. The number of carbonyl (C=O) groups is 2. The molecular weight excluding hydrogens is 449 g/mol. The minimum atomic E-state index is -0.265. The fourth-order valence-corrected chi connectivity index (χ4v) is 6.02. The fraction of sp³-hybridized carbons (Fsp3) is 0.333. The highest BCUT2D eigenvalue weighted by molar-refractivity contribution is 7.10. The second-order valence-corrected chi connectivity index (χ2v) is 10.0. The lowest BCUT2D eigenvalue weighted by molar-refractivity contribution is -0.135. The summed E-state index contributed by atoms with van der Waals surface area (Å²) in [5.41, 5.74) is 2.71. The van der Waals surface area contributed by atoms with Crippen LogP contribution in [0.15, 0.2) is 66.0 Å². The zero-order valence-corrected chi connectivity index (χ0v) is 20.0. The second kappa shape index (κ2) is 9.68. The molecule has 1 fully saturated rings. The number of carbonyl (C=O) groups excluding carboxylic acids is 2. The van der Waals surface area contributed by atoms with Crippen molar-refractivity contribution in [3.05, 3.63) is 93.4 Å². The molecule has 7 heteroatoms. The molecule has 1 saturated heterocycles. The summed E-state index contributed by atoms with van der Waals surface area (Å²) in [5.74, 6) is -0.203. The first kappa shape index (κ1) is 22.7. The lowest BCUT2D eigenvalue weighted by Gasteiger charge is -2.42. The van der Waals surface area contributed by atoms with Crippen LogP contribution in [0.4, 0.5) is 4.39 Å². The van der Waals surface area contributed by atoms with Crippen molar-refractivity contribution in [2.45, 2.75) is 25.4 Å². The van der Waals surface area contributed by atoms with Crippen LogP contribution in [0, 0.1) is 5.82 Å². The van der Waals surface area contributed by atoms with Gasteiger partial charge in [-0.15, -0.1) is 11.3 Å². The molecule has 2 unspecified atom stereocenters. The predicted molar refractivity (Wildman–Crippen MR) is 131 cm³/mol. The molecule has 0 N–H and O–H groups in total. The molecular formula is C27H28FN3O2S. The zero-order chi connectivity index (χ0) is 23.7. The summed E-state index contributed by atoms with van der Waals surface area (Å²) in [6.45, 7) is 4.57. The largest absolute Gasteiger partial charge is 0.338 e. The molecule has 2 aliphatic rings. The molecule has 1 aromatic heterocycles. The lowest BCUT2D eigenvalue weighted by Crippen LogP contribution is -2.57. The topological polar surface area (TPSA) is 43.9 Å². The molecule has 3 heterocycles. The molecule has 2 atom stereocenters. The van der Waals surface area contributed by atoms with Crippen molar-refractivity contribution in [3.63, 3.8) is 0 Å². The van der Waals surface area contributed by atoms with E-state index < -0.39 is 0 Å². The Kier molecular flexibility index (Phi) is 6.48. The average Bonchev–Trinajstić information content (AvgIpc) is 3.33. The molecule has 34 heavy (non-hydrogen) atoms. The Morgan fingerprint density at radius 3 is 2.62 bits per heavy atom. The number of rotatable bonds is 4. The molecule has 0 aliphatic carbocycles. The first-order valence-corrected chi connectivity index (χ1v) is 12.6. The Morgan fingerprint density at radius 1 is 1.03 bits per heavy atom. The maximum atomic E-state index is 14.0. The summed E-state index contributed by atoms with van der Waals surface area (Å²) in [6, 6.07) is 17.9. The second-order valence-electron chi connectivity index (χ2n) is 9.03. The van der Waals surface area contributed by atoms with Crippen molar-refractivity contribution in [2.24, 2.45) is 0 Å². The van der Waals surface area contributed by atoms with Crippen LogP contribution in [0.25, 0.3) is 0 Å². The number of thiophene rings is 1. The van der Waals surface area contributed by atoms with Gasteiger partial charge in [0.15, 0.2) is 0 Å². The van der Waals surface area contributed by atoms with Gasteiger partial charge >= 0.3 is 0 Å². The normalized spacial score (nSPS) is 20.8. The van der Waals surface area contributed by atoms with E-state index in [0.717, 1.165) is 18.5 Å². The Bertz CT molecular complexity index is 1180. The summed E-state index contributed by atoms with van der Waals surface area (Å²) in [7, 11) is 0. The minimum absolute atomic E-state index is 0.00684. The molecule has 176 valence electrons. The predicted octanol–water partition coefficient (Wildman–Crippen LogP) is 4.21. The molecule has 0 bridgehead atoms. The molecule has 0 saturated carbocycles. The number of hydrogen-bond donors (Lipinski definition) is 0. The molecule has 0 spiro atoms. The van der Waals surface area contributed by atoms with Crippen LogP contribution in [-0.2, 0) is 11.2 Å². The molecule has 3 aromatic rings. The highest BCUT2D eigenvalue weighted by atomic mass is 32.1. The van der Waals surface area contributed by atoms with E-state index in [9.17, 15) is 14.0 Å². The highest BCUT2D eigenvalue weighted by Gasteiger charge is 2.34. The van der Waals surface area contributed by atoms with Crippen LogP contribution in [0.5, 0.6) is 0 Å². The van der Waals surface area contributed by atoms with Gasteiger partial charge in [-0.2, -0.15) is 0 Å². The van der Waals surface area contributed by atoms with Crippen LogP contribution < -0.4 is 0 Å². The fourth-order valence-electron chi connectivity index (χ4n) is 5.11. The quantitative estimate of drug-likeness (QED) is 0.566. The summed E-state index contributed by atoms with van der Waals surface area (Å²) in [4.78, 5) is 33.5. The minimum Gasteiger partial charge on any atom is -0.338 e. The third kappa shape index (κ3) is 4.50. The smallest absolute Gasteiger partial charge is 0.254 e. The van der Waals surface area contributed by atoms with Crippen LogP contribution in [0.1, 0.15) is 39.3 Å². The van der Waals surface area contributed by atoms with Crippen molar-refractivity contribution in [3.8, 4) is 0 Å². The number of nitrogens with zero attached hydrogens (tertiary/aromatic N) is 3. The molecule has 2 aromatic carbocycles. The van der Waals surface area contributed by atoms with Gasteiger partial charge in [0.25, 0.3) is 5.91 Å². The van der Waals surface area contributed by atoms with E-state index >= 15 is 0 Å². The molecule has 5 nitrogen and oxygen atoms in total. The van der Waals surface area contributed by atoms with Crippen LogP contribution >= 0.6 is 11.3 Å². The third-order valence-corrected chi connectivity index (χ3v) is 7.83. The number of benzene rings is 2. The van der Waals surface area contributed by atoms with Gasteiger partial charge in [0.05, 0.1) is 12.6 Å². The zero-order valence-electron chi connectivity index (χ0n) is 19.2. The van der Waals surface area contributed by atoms with Crippen LogP contribution in [0.3, 0.4) is 0 Å². The van der Waals surface area contributed by atoms with Crippen molar-refractivity contribution < 1.29 is 14.0 Å². The summed E-state index contributed by atoms with van der Waals surface area (Å²) >= 11 is 1.73. The van der Waals surface area contributed by atoms with Gasteiger partial charge in [-0.05, 0) is 60.2 Å². The number of hydrogen-bond acceptors (Lipinski definition) is 4. The maximum Gasteiger partial charge on any atom is 0.254 e. The molecule has 0 radical (unpaired) electrons. The SMILES string of the molecule is CC1CN(C(=O)CN2CCc3sccc3C2c2cccc(F)c2)CCN1C(=O)c1ccccc1. The van der Waals surface area contributed by atoms with E-state index in [0.29, 0.717) is 25.2 Å². The molecule has 5 rings (SSSR count). The van der Waals surface area contributed by atoms with Crippen LogP contribution in [0.2, 0.25) is 0 Å². The number of halogens is 1. The Labute approximate surface area is 203 Å². The van der Waals surface area contributed by atoms with E-state index in [1.807, 2.05) is 53.1 Å². The standard InChI is InChI=1S/C27H28FN3O2S/c1-19-17-29(13-14-31(19)27(33)20-6-3-2-4-7-20)25(32)18-30-12-10-24-23(11-15-34-24)26(30)21-8-5-9-22(28)16-21/h2-9,11,15-16,19,26H,10,12-14,17-18H2,1H3. The van der Waals surface area contributed by atoms with Crippen LogP contribution in [-0.4, -0.2) is 65.3 Å². The summed E-state index contributed by atoms with van der Waals surface area (Å²) in [6.07, 6.45) is 0.891. The first-order chi connectivity index (χ1) is 16.5. The number of fused-ring (bicyclic) bond motifs is 1. The van der Waals surface area contributed by atoms with Gasteiger partial charge < -0.3 is 9.80 Å². The van der Waals surface area contributed by atoms with Gasteiger partial charge in [0.1, 0.15) is 5.82 Å². The number of piperazine rings is 1. The van der Waals surface area contributed by atoms with Crippen molar-refractivity contribution in [1.29, 1.82) is 0 Å². The van der Waals surface area contributed by atoms with Crippen molar-refractivity contribution in [2.75, 3.05) is 32.7 Å². The highest BCUT2D eigenvalue weighted by Crippen LogP contribution is 2.37. The van der Waals surface area contributed by atoms with Crippen molar-refractivity contribution >= 4 is 23.2 Å². The average molecular weight is 478 g/mol.